The second kappa shape index (κ2) is 4.96. The third-order valence-corrected chi connectivity index (χ3v) is 3.45. The maximum absolute atomic E-state index is 5.95. The quantitative estimate of drug-likeness (QED) is 0.861. The normalized spacial score (nSPS) is 10.3. The Kier molecular flexibility index (Phi) is 3.61. The molecule has 0 spiro atoms. The summed E-state index contributed by atoms with van der Waals surface area (Å²) in [6.45, 7) is 0.773. The van der Waals surface area contributed by atoms with Crippen molar-refractivity contribution in [2.75, 3.05) is 5.32 Å². The van der Waals surface area contributed by atoms with Gasteiger partial charge in [0.2, 0.25) is 0 Å². The molecule has 2 aromatic rings. The van der Waals surface area contributed by atoms with Gasteiger partial charge in [0.15, 0.2) is 5.15 Å². The SMILES string of the molecule is Clc1ncc(Br)cc1NCc1cccs1. The Balaban J connectivity index is 2.07. The van der Waals surface area contributed by atoms with E-state index in [1.54, 1.807) is 17.5 Å². The third-order valence-electron chi connectivity index (χ3n) is 1.84. The molecule has 0 atom stereocenters. The molecule has 2 heterocycles. The molecule has 0 fully saturated rings. The first-order chi connectivity index (χ1) is 7.25. The number of rotatable bonds is 3. The molecule has 0 aliphatic rings. The molecule has 2 nitrogen and oxygen atoms in total. The Morgan fingerprint density at radius 3 is 3.13 bits per heavy atom. The van der Waals surface area contributed by atoms with Gasteiger partial charge in [0.1, 0.15) is 0 Å². The minimum Gasteiger partial charge on any atom is -0.378 e. The predicted molar refractivity (Wildman–Crippen MR) is 68.6 cm³/mol. The highest BCUT2D eigenvalue weighted by atomic mass is 79.9. The van der Waals surface area contributed by atoms with Crippen LogP contribution in [-0.2, 0) is 6.54 Å². The van der Waals surface area contributed by atoms with Gasteiger partial charge >= 0.3 is 0 Å². The van der Waals surface area contributed by atoms with E-state index in [0.717, 1.165) is 16.7 Å². The molecule has 0 saturated heterocycles. The minimum atomic E-state index is 0.495. The van der Waals surface area contributed by atoms with Crippen molar-refractivity contribution in [3.63, 3.8) is 0 Å². The zero-order valence-electron chi connectivity index (χ0n) is 7.71. The molecule has 0 aliphatic heterocycles. The van der Waals surface area contributed by atoms with E-state index < -0.39 is 0 Å². The van der Waals surface area contributed by atoms with E-state index in [4.69, 9.17) is 11.6 Å². The van der Waals surface area contributed by atoms with Gasteiger partial charge in [0, 0.05) is 22.1 Å². The fourth-order valence-electron chi connectivity index (χ4n) is 1.14. The van der Waals surface area contributed by atoms with Crippen LogP contribution in [-0.4, -0.2) is 4.98 Å². The second-order valence-corrected chi connectivity index (χ2v) is 5.23. The highest BCUT2D eigenvalue weighted by molar-refractivity contribution is 9.10. The van der Waals surface area contributed by atoms with Gasteiger partial charge in [-0.05, 0) is 33.4 Å². The van der Waals surface area contributed by atoms with Gasteiger partial charge in [0.25, 0.3) is 0 Å². The standard InChI is InChI=1S/C10H8BrClN2S/c11-7-4-9(10(12)14-5-7)13-6-8-2-1-3-15-8/h1-5,13H,6H2. The van der Waals surface area contributed by atoms with Crippen molar-refractivity contribution >= 4 is 44.6 Å². The number of halogens is 2. The summed E-state index contributed by atoms with van der Waals surface area (Å²) < 4.78 is 0.917. The van der Waals surface area contributed by atoms with Crippen LogP contribution in [0.15, 0.2) is 34.2 Å². The number of nitrogens with one attached hydrogen (secondary N) is 1. The zero-order valence-corrected chi connectivity index (χ0v) is 10.9. The van der Waals surface area contributed by atoms with Crippen molar-refractivity contribution < 1.29 is 0 Å². The van der Waals surface area contributed by atoms with Crippen LogP contribution in [0.3, 0.4) is 0 Å². The van der Waals surface area contributed by atoms with Crippen molar-refractivity contribution in [2.24, 2.45) is 0 Å². The van der Waals surface area contributed by atoms with Gasteiger partial charge in [-0.25, -0.2) is 4.98 Å². The summed E-state index contributed by atoms with van der Waals surface area (Å²) in [7, 11) is 0. The summed E-state index contributed by atoms with van der Waals surface area (Å²) in [5, 5.41) is 5.79. The van der Waals surface area contributed by atoms with Gasteiger partial charge in [-0.15, -0.1) is 11.3 Å². The van der Waals surface area contributed by atoms with E-state index in [1.165, 1.54) is 4.88 Å². The maximum atomic E-state index is 5.95. The Morgan fingerprint density at radius 1 is 1.53 bits per heavy atom. The summed E-state index contributed by atoms with van der Waals surface area (Å²) in [5.41, 5.74) is 0.847. The maximum Gasteiger partial charge on any atom is 0.152 e. The molecule has 0 saturated carbocycles. The number of hydrogen-bond donors (Lipinski definition) is 1. The molecule has 5 heteroatoms. The number of nitrogens with zero attached hydrogens (tertiary/aromatic N) is 1. The van der Waals surface area contributed by atoms with Crippen LogP contribution >= 0.6 is 38.9 Å². The predicted octanol–water partition coefficient (Wildman–Crippen LogP) is 4.17. The molecule has 0 amide bonds. The molecular formula is C10H8BrClN2S. The summed E-state index contributed by atoms with van der Waals surface area (Å²) >= 11 is 11.0. The highest BCUT2D eigenvalue weighted by Crippen LogP contribution is 2.23. The summed E-state index contributed by atoms with van der Waals surface area (Å²) in [6.07, 6.45) is 1.68. The van der Waals surface area contributed by atoms with Crippen molar-refractivity contribution in [3.8, 4) is 0 Å². The number of aromatic nitrogens is 1. The van der Waals surface area contributed by atoms with Crippen molar-refractivity contribution in [3.05, 3.63) is 44.3 Å². The van der Waals surface area contributed by atoms with Gasteiger partial charge in [-0.3, -0.25) is 0 Å². The van der Waals surface area contributed by atoms with Gasteiger partial charge in [-0.1, -0.05) is 17.7 Å². The van der Waals surface area contributed by atoms with Crippen LogP contribution in [0.5, 0.6) is 0 Å². The Labute approximate surface area is 105 Å². The van der Waals surface area contributed by atoms with Gasteiger partial charge in [0.05, 0.1) is 5.69 Å². The molecule has 0 unspecified atom stereocenters. The molecule has 1 N–H and O–H groups in total. The third kappa shape index (κ3) is 2.93. The molecule has 2 aromatic heterocycles. The molecule has 0 aliphatic carbocycles. The van der Waals surface area contributed by atoms with E-state index in [0.29, 0.717) is 5.15 Å². The largest absolute Gasteiger partial charge is 0.378 e. The highest BCUT2D eigenvalue weighted by Gasteiger charge is 2.02. The summed E-state index contributed by atoms with van der Waals surface area (Å²) in [6, 6.07) is 6.03. The topological polar surface area (TPSA) is 24.9 Å². The van der Waals surface area contributed by atoms with Crippen LogP contribution in [0.1, 0.15) is 4.88 Å². The van der Waals surface area contributed by atoms with Crippen molar-refractivity contribution in [1.82, 2.24) is 4.98 Å². The molecule has 78 valence electrons. The van der Waals surface area contributed by atoms with Crippen LogP contribution in [0, 0.1) is 0 Å². The van der Waals surface area contributed by atoms with Crippen LogP contribution in [0.2, 0.25) is 5.15 Å². The average molecular weight is 304 g/mol. The number of anilines is 1. The van der Waals surface area contributed by atoms with E-state index in [9.17, 15) is 0 Å². The van der Waals surface area contributed by atoms with Crippen LogP contribution < -0.4 is 5.32 Å². The molecule has 0 aromatic carbocycles. The first kappa shape index (κ1) is 10.9. The van der Waals surface area contributed by atoms with Crippen LogP contribution in [0.25, 0.3) is 0 Å². The van der Waals surface area contributed by atoms with E-state index in [-0.39, 0.29) is 0 Å². The van der Waals surface area contributed by atoms with Crippen molar-refractivity contribution in [2.45, 2.75) is 6.54 Å². The Bertz CT molecular complexity index is 445. The molecule has 2 rings (SSSR count). The van der Waals surface area contributed by atoms with E-state index in [2.05, 4.69) is 37.7 Å². The fraction of sp³-hybridized carbons (Fsp3) is 0.100. The first-order valence-corrected chi connectivity index (χ1v) is 6.38. The fourth-order valence-corrected chi connectivity index (χ4v) is 2.29. The molecule has 0 bridgehead atoms. The van der Waals surface area contributed by atoms with E-state index >= 15 is 0 Å². The zero-order chi connectivity index (χ0) is 10.7. The lowest BCUT2D eigenvalue weighted by atomic mass is 10.4. The summed E-state index contributed by atoms with van der Waals surface area (Å²) in [4.78, 5) is 5.31. The van der Waals surface area contributed by atoms with Gasteiger partial charge < -0.3 is 5.32 Å². The lowest BCUT2D eigenvalue weighted by Crippen LogP contribution is -1.98. The lowest BCUT2D eigenvalue weighted by Gasteiger charge is -2.06. The number of thiophene rings is 1. The molecule has 0 radical (unpaired) electrons. The van der Waals surface area contributed by atoms with Gasteiger partial charge in [-0.2, -0.15) is 0 Å². The Morgan fingerprint density at radius 2 is 2.40 bits per heavy atom. The van der Waals surface area contributed by atoms with Crippen LogP contribution in [0.4, 0.5) is 5.69 Å². The lowest BCUT2D eigenvalue weighted by molar-refractivity contribution is 1.17. The minimum absolute atomic E-state index is 0.495. The monoisotopic (exact) mass is 302 g/mol. The molecular weight excluding hydrogens is 296 g/mol. The molecule has 15 heavy (non-hydrogen) atoms. The summed E-state index contributed by atoms with van der Waals surface area (Å²) in [5.74, 6) is 0. The second-order valence-electron chi connectivity index (χ2n) is 2.92. The first-order valence-electron chi connectivity index (χ1n) is 4.33. The number of hydrogen-bond acceptors (Lipinski definition) is 3. The number of pyridine rings is 1. The average Bonchev–Trinajstić information content (AvgIpc) is 2.72. The van der Waals surface area contributed by atoms with Crippen molar-refractivity contribution in [1.29, 1.82) is 0 Å². The van der Waals surface area contributed by atoms with E-state index in [1.807, 2.05) is 12.1 Å². The Hall–Kier alpha value is -0.580. The smallest absolute Gasteiger partial charge is 0.152 e.